The monoisotopic (exact) mass is 396 g/mol. The van der Waals surface area contributed by atoms with Gasteiger partial charge in [-0.1, -0.05) is 43.3 Å². The molecule has 2 rings (SSSR count). The zero-order valence-corrected chi connectivity index (χ0v) is 18.3. The molecule has 0 aliphatic carbocycles. The van der Waals surface area contributed by atoms with Gasteiger partial charge in [-0.15, -0.1) is 0 Å². The van der Waals surface area contributed by atoms with Crippen LogP contribution in [0.3, 0.4) is 0 Å². The lowest BCUT2D eigenvalue weighted by Gasteiger charge is -2.32. The quantitative estimate of drug-likeness (QED) is 0.707. The zero-order valence-electron chi connectivity index (χ0n) is 18.3. The van der Waals surface area contributed by atoms with E-state index in [9.17, 15) is 9.59 Å². The lowest BCUT2D eigenvalue weighted by atomic mass is 9.93. The van der Waals surface area contributed by atoms with E-state index in [0.717, 1.165) is 16.7 Å². The van der Waals surface area contributed by atoms with Crippen molar-refractivity contribution in [3.63, 3.8) is 0 Å². The van der Waals surface area contributed by atoms with Gasteiger partial charge in [0.15, 0.2) is 0 Å². The lowest BCUT2D eigenvalue weighted by molar-refractivity contribution is -0.120. The summed E-state index contributed by atoms with van der Waals surface area (Å²) >= 11 is 0. The summed E-state index contributed by atoms with van der Waals surface area (Å²) in [4.78, 5) is 27.2. The number of nitrogens with one attached hydrogen (secondary N) is 1. The van der Waals surface area contributed by atoms with Crippen LogP contribution >= 0.6 is 0 Å². The average molecular weight is 397 g/mol. The number of rotatable bonds is 8. The molecule has 156 valence electrons. The molecule has 0 aliphatic heterocycles. The van der Waals surface area contributed by atoms with Crippen LogP contribution in [-0.2, 0) is 11.3 Å². The predicted molar refractivity (Wildman–Crippen MR) is 117 cm³/mol. The van der Waals surface area contributed by atoms with Crippen molar-refractivity contribution in [1.29, 1.82) is 0 Å². The first kappa shape index (κ1) is 22.5. The molecule has 29 heavy (non-hydrogen) atoms. The number of hydrogen-bond acceptors (Lipinski definition) is 3. The van der Waals surface area contributed by atoms with Gasteiger partial charge in [0.25, 0.3) is 5.91 Å². The van der Waals surface area contributed by atoms with E-state index in [1.807, 2.05) is 82.0 Å². The van der Waals surface area contributed by atoms with E-state index in [-0.39, 0.29) is 23.9 Å². The molecule has 2 aromatic rings. The van der Waals surface area contributed by atoms with Gasteiger partial charge in [0.1, 0.15) is 5.75 Å². The molecule has 0 atom stereocenters. The van der Waals surface area contributed by atoms with Crippen LogP contribution in [0.2, 0.25) is 0 Å². The van der Waals surface area contributed by atoms with Crippen molar-refractivity contribution in [2.45, 2.75) is 59.7 Å². The summed E-state index contributed by atoms with van der Waals surface area (Å²) in [6, 6.07) is 13.6. The van der Waals surface area contributed by atoms with Crippen LogP contribution in [0.1, 0.15) is 57.0 Å². The minimum Gasteiger partial charge on any atom is -0.496 e. The maximum atomic E-state index is 13.6. The van der Waals surface area contributed by atoms with Crippen LogP contribution in [0.25, 0.3) is 11.1 Å². The molecule has 0 fully saturated rings. The fourth-order valence-corrected chi connectivity index (χ4v) is 3.60. The first-order valence-corrected chi connectivity index (χ1v) is 10.2. The largest absolute Gasteiger partial charge is 0.496 e. The van der Waals surface area contributed by atoms with Crippen molar-refractivity contribution in [2.75, 3.05) is 7.11 Å². The van der Waals surface area contributed by atoms with Gasteiger partial charge >= 0.3 is 0 Å². The highest BCUT2D eigenvalue weighted by molar-refractivity contribution is 6.04. The molecular formula is C24H32N2O3. The van der Waals surface area contributed by atoms with Crippen molar-refractivity contribution in [3.05, 3.63) is 53.6 Å². The van der Waals surface area contributed by atoms with Crippen molar-refractivity contribution in [1.82, 2.24) is 10.2 Å². The third kappa shape index (κ3) is 5.17. The third-order valence-electron chi connectivity index (χ3n) is 4.91. The number of hydrogen-bond donors (Lipinski definition) is 1. The highest BCUT2D eigenvalue weighted by Gasteiger charge is 2.27. The second-order valence-electron chi connectivity index (χ2n) is 7.57. The topological polar surface area (TPSA) is 58.6 Å². The van der Waals surface area contributed by atoms with Crippen LogP contribution < -0.4 is 10.1 Å². The number of benzene rings is 2. The Morgan fingerprint density at radius 2 is 1.59 bits per heavy atom. The van der Waals surface area contributed by atoms with Gasteiger partial charge in [0.05, 0.1) is 12.7 Å². The first-order chi connectivity index (χ1) is 13.8. The minimum absolute atomic E-state index is 0.00691. The van der Waals surface area contributed by atoms with E-state index in [2.05, 4.69) is 5.32 Å². The van der Waals surface area contributed by atoms with Gasteiger partial charge in [-0.3, -0.25) is 9.59 Å². The summed E-state index contributed by atoms with van der Waals surface area (Å²) in [6.07, 6.45) is 0.433. The number of nitrogens with zero attached hydrogens (tertiary/aromatic N) is 1. The number of carbonyl (C=O) groups excluding carboxylic acids is 2. The van der Waals surface area contributed by atoms with E-state index in [1.54, 1.807) is 7.11 Å². The first-order valence-electron chi connectivity index (χ1n) is 10.2. The van der Waals surface area contributed by atoms with E-state index in [4.69, 9.17) is 4.74 Å². The Morgan fingerprint density at radius 1 is 0.966 bits per heavy atom. The van der Waals surface area contributed by atoms with Crippen LogP contribution in [0, 0.1) is 0 Å². The highest BCUT2D eigenvalue weighted by atomic mass is 16.5. The Hall–Kier alpha value is -2.82. The number of methoxy groups -OCH3 is 1. The molecule has 1 N–H and O–H groups in total. The normalized spacial score (nSPS) is 10.9. The van der Waals surface area contributed by atoms with E-state index >= 15 is 0 Å². The number of carbonyl (C=O) groups is 2. The predicted octanol–water partition coefficient (Wildman–Crippen LogP) is 4.65. The van der Waals surface area contributed by atoms with E-state index in [0.29, 0.717) is 24.3 Å². The van der Waals surface area contributed by atoms with E-state index < -0.39 is 0 Å². The summed E-state index contributed by atoms with van der Waals surface area (Å²) < 4.78 is 5.58. The molecule has 0 bridgehead atoms. The Kier molecular flexibility index (Phi) is 7.82. The van der Waals surface area contributed by atoms with Gasteiger partial charge < -0.3 is 15.0 Å². The standard InChI is InChI=1S/C24H32N2O3/c1-7-22(27)25-15-18-11-8-9-12-19(18)20-13-10-14-21(29-6)23(20)24(28)26(16(2)3)17(4)5/h8-14,16-17H,7,15H2,1-6H3,(H,25,27). The minimum atomic E-state index is -0.0603. The van der Waals surface area contributed by atoms with Gasteiger partial charge in [-0.05, 0) is 50.5 Å². The average Bonchev–Trinajstić information content (AvgIpc) is 2.70. The maximum absolute atomic E-state index is 13.6. The zero-order chi connectivity index (χ0) is 21.6. The molecule has 0 saturated heterocycles. The van der Waals surface area contributed by atoms with Gasteiger partial charge in [-0.2, -0.15) is 0 Å². The smallest absolute Gasteiger partial charge is 0.258 e. The van der Waals surface area contributed by atoms with Crippen LogP contribution in [0.5, 0.6) is 5.75 Å². The van der Waals surface area contributed by atoms with Gasteiger partial charge in [0, 0.05) is 25.0 Å². The third-order valence-corrected chi connectivity index (χ3v) is 4.91. The van der Waals surface area contributed by atoms with Crippen LogP contribution in [-0.4, -0.2) is 35.9 Å². The molecule has 0 aromatic heterocycles. The molecule has 0 saturated carbocycles. The fourth-order valence-electron chi connectivity index (χ4n) is 3.60. The lowest BCUT2D eigenvalue weighted by Crippen LogP contribution is -2.42. The summed E-state index contributed by atoms with van der Waals surface area (Å²) in [5, 5.41) is 2.93. The fraction of sp³-hybridized carbons (Fsp3) is 0.417. The maximum Gasteiger partial charge on any atom is 0.258 e. The molecule has 5 nitrogen and oxygen atoms in total. The van der Waals surface area contributed by atoms with Gasteiger partial charge in [0.2, 0.25) is 5.91 Å². The Morgan fingerprint density at radius 3 is 2.17 bits per heavy atom. The molecule has 5 heteroatoms. The summed E-state index contributed by atoms with van der Waals surface area (Å²) in [7, 11) is 1.58. The van der Waals surface area contributed by atoms with Crippen LogP contribution in [0.15, 0.2) is 42.5 Å². The molecule has 0 spiro atoms. The number of ether oxygens (including phenoxy) is 1. The Bertz CT molecular complexity index is 851. The SMILES string of the molecule is CCC(=O)NCc1ccccc1-c1cccc(OC)c1C(=O)N(C(C)C)C(C)C. The molecular weight excluding hydrogens is 364 g/mol. The summed E-state index contributed by atoms with van der Waals surface area (Å²) in [5.74, 6) is 0.480. The summed E-state index contributed by atoms with van der Waals surface area (Å²) in [6.45, 7) is 10.3. The van der Waals surface area contributed by atoms with Crippen molar-refractivity contribution < 1.29 is 14.3 Å². The Balaban J connectivity index is 2.61. The highest BCUT2D eigenvalue weighted by Crippen LogP contribution is 2.34. The molecule has 0 heterocycles. The van der Waals surface area contributed by atoms with Crippen molar-refractivity contribution in [2.24, 2.45) is 0 Å². The molecule has 2 amide bonds. The van der Waals surface area contributed by atoms with Crippen LogP contribution in [0.4, 0.5) is 0 Å². The molecule has 0 unspecified atom stereocenters. The van der Waals surface area contributed by atoms with E-state index in [1.165, 1.54) is 0 Å². The number of amides is 2. The summed E-state index contributed by atoms with van der Waals surface area (Å²) in [5.41, 5.74) is 3.23. The molecule has 0 aliphatic rings. The Labute approximate surface area is 174 Å². The van der Waals surface area contributed by atoms with Gasteiger partial charge in [-0.25, -0.2) is 0 Å². The molecule has 2 aromatic carbocycles. The second-order valence-corrected chi connectivity index (χ2v) is 7.57. The van der Waals surface area contributed by atoms with Crippen molar-refractivity contribution >= 4 is 11.8 Å². The van der Waals surface area contributed by atoms with Crippen molar-refractivity contribution in [3.8, 4) is 16.9 Å². The second kappa shape index (κ2) is 10.1. The molecule has 0 radical (unpaired) electrons.